The minimum Gasteiger partial charge on any atom is -0.478 e. The van der Waals surface area contributed by atoms with Gasteiger partial charge in [0.1, 0.15) is 5.60 Å². The number of esters is 2. The Bertz CT molecular complexity index is 3160. The highest BCUT2D eigenvalue weighted by molar-refractivity contribution is 5.96. The highest BCUT2D eigenvalue weighted by atomic mass is 16.6. The Hall–Kier alpha value is -10.1. The molecule has 0 aliphatic heterocycles. The third kappa shape index (κ3) is 42.3. The van der Waals surface area contributed by atoms with Gasteiger partial charge in [-0.15, -0.1) is 0 Å². The van der Waals surface area contributed by atoms with Crippen LogP contribution in [0.1, 0.15) is 96.8 Å². The second-order valence-electron chi connectivity index (χ2n) is 21.4. The Morgan fingerprint density at radius 2 is 0.657 bits per heavy atom. The van der Waals surface area contributed by atoms with Crippen LogP contribution in [0.3, 0.4) is 0 Å². The molecule has 0 bridgehead atoms. The molecule has 99 heavy (non-hydrogen) atoms. The number of carboxylic acids is 1. The molecule has 0 saturated carbocycles. The zero-order chi connectivity index (χ0) is 73.5. The monoisotopic (exact) mass is 1380 g/mol. The van der Waals surface area contributed by atoms with Crippen molar-refractivity contribution in [3.05, 3.63) is 179 Å². The van der Waals surface area contributed by atoms with Crippen LogP contribution in [0.2, 0.25) is 0 Å². The van der Waals surface area contributed by atoms with E-state index in [1.807, 2.05) is 36.4 Å². The van der Waals surface area contributed by atoms with E-state index in [1.165, 1.54) is 0 Å². The van der Waals surface area contributed by atoms with Gasteiger partial charge in [0.25, 0.3) is 17.7 Å². The summed E-state index contributed by atoms with van der Waals surface area (Å²) >= 11 is 0. The number of alkyl carbamates (subject to hydrolysis) is 1. The maximum Gasteiger partial charge on any atom is 0.407 e. The number of aromatic carboxylic acids is 1. The van der Waals surface area contributed by atoms with Gasteiger partial charge in [0, 0.05) is 151 Å². The first-order valence-corrected chi connectivity index (χ1v) is 32.0. The van der Waals surface area contributed by atoms with Crippen LogP contribution in [-0.2, 0) is 33.2 Å². The molecule has 0 radical (unpaired) electrons. The van der Waals surface area contributed by atoms with Crippen molar-refractivity contribution in [2.75, 3.05) is 179 Å². The summed E-state index contributed by atoms with van der Waals surface area (Å²) in [6.45, 7) is 18.2. The first kappa shape index (κ1) is 86.9. The predicted molar refractivity (Wildman–Crippen MR) is 388 cm³/mol. The number of aliphatic hydroxyl groups is 1. The van der Waals surface area contributed by atoms with Crippen molar-refractivity contribution in [1.29, 1.82) is 0 Å². The smallest absolute Gasteiger partial charge is 0.407 e. The number of carbonyl (C=O) groups is 7. The van der Waals surface area contributed by atoms with Gasteiger partial charge in [0.05, 0.1) is 62.9 Å². The first-order chi connectivity index (χ1) is 47.6. The van der Waals surface area contributed by atoms with E-state index < -0.39 is 17.7 Å². The summed E-state index contributed by atoms with van der Waals surface area (Å²) in [5, 5.41) is 43.6. The van der Waals surface area contributed by atoms with Crippen molar-refractivity contribution in [2.45, 2.75) is 40.2 Å². The van der Waals surface area contributed by atoms with Gasteiger partial charge in [-0.2, -0.15) is 0 Å². The number of nitrogens with two attached hydrogens (primary N) is 3. The molecule has 0 atom stereocenters. The standard InChI is InChI=1S/C17H27N3O4.C12H19N3O2.C12H17NO3.C11H17N3O2.C10H13NO3.C9H11NO2/c1-17(2,3)24-16(22)20-10-9-19-15(21)13-5-7-14(8-6-13)18-11-12-23-4;1-17-9-8-14-11-4-2-10(3-5-11)12(16)15-7-6-13;1-3-16-12(14)10-4-6-11(7-5-10)13-8-9-15-2;12-5-6-14-11(16)9-1-3-10(4-2-9)13-7-8-15;1-14-7-6-11-9-4-2-8(3-5-9)10(12)13;1-2-12-9(11)7-3-5-8(10)6-4-7/h5-8,18H,9-12H2,1-4H3,(H,19,21)(H,20,22);2-5,14H,6-9,13H2,1H3,(H,15,16);4-7,13H,3,8-9H2,1-2H3;1-4,13,15H,5-8,12H2,(H,14,16);2-5,11H,6-7H2,1H3,(H,12,13);3-6H,2,10H2,1H3. The van der Waals surface area contributed by atoms with Gasteiger partial charge >= 0.3 is 24.0 Å². The third-order valence-corrected chi connectivity index (χ3v) is 12.3. The van der Waals surface area contributed by atoms with Gasteiger partial charge in [0.2, 0.25) is 0 Å². The number of rotatable bonds is 34. The molecule has 0 aromatic heterocycles. The predicted octanol–water partition coefficient (Wildman–Crippen LogP) is 7.02. The Labute approximate surface area is 581 Å². The fourth-order valence-electron chi connectivity index (χ4n) is 7.44. The molecule has 28 heteroatoms. The van der Waals surface area contributed by atoms with Crippen LogP contribution in [0.25, 0.3) is 0 Å². The topological polar surface area (TPSA) is 411 Å². The molecule has 0 unspecified atom stereocenters. The van der Waals surface area contributed by atoms with E-state index in [0.717, 1.165) is 41.5 Å². The summed E-state index contributed by atoms with van der Waals surface area (Å²) in [4.78, 5) is 79.5. The van der Waals surface area contributed by atoms with E-state index in [4.69, 9.17) is 60.6 Å². The van der Waals surface area contributed by atoms with Crippen molar-refractivity contribution in [2.24, 2.45) is 11.5 Å². The molecule has 0 spiro atoms. The molecule has 0 fully saturated rings. The third-order valence-electron chi connectivity index (χ3n) is 12.3. The maximum absolute atomic E-state index is 12.0. The SMILES string of the molecule is CCOC(=O)c1ccc(N)cc1.CCOC(=O)c1ccc(NCCOC)cc1.COCCNc1ccc(C(=O)NCCN)cc1.COCCNc1ccc(C(=O)NCCNC(=O)OC(C)(C)C)cc1.COCCNc1ccc(C(=O)O)cc1.NCCNC(=O)c1ccc(NCCO)cc1. The Balaban J connectivity index is 0.000000602. The summed E-state index contributed by atoms with van der Waals surface area (Å²) in [5.74, 6) is -1.92. The number of nitrogen functional groups attached to an aromatic ring is 1. The highest BCUT2D eigenvalue weighted by Gasteiger charge is 2.16. The first-order valence-electron chi connectivity index (χ1n) is 32.0. The number of anilines is 6. The van der Waals surface area contributed by atoms with Crippen LogP contribution in [0.4, 0.5) is 38.9 Å². The van der Waals surface area contributed by atoms with E-state index >= 15 is 0 Å². The molecule has 0 aliphatic carbocycles. The number of hydrogen-bond donors (Lipinski definition) is 14. The van der Waals surface area contributed by atoms with E-state index in [-0.39, 0.29) is 36.3 Å². The summed E-state index contributed by atoms with van der Waals surface area (Å²) in [7, 11) is 6.60. The molecule has 0 heterocycles. The van der Waals surface area contributed by atoms with Gasteiger partial charge in [-0.05, 0) is 180 Å². The molecule has 6 aromatic carbocycles. The average Bonchev–Trinajstić information content (AvgIpc) is 1.73. The average molecular weight is 1380 g/mol. The lowest BCUT2D eigenvalue weighted by atomic mass is 10.2. The normalized spacial score (nSPS) is 10.1. The van der Waals surface area contributed by atoms with Gasteiger partial charge in [-0.25, -0.2) is 19.2 Å². The molecule has 4 amide bonds. The van der Waals surface area contributed by atoms with Crippen LogP contribution in [0, 0.1) is 0 Å². The van der Waals surface area contributed by atoms with Crippen LogP contribution in [-0.4, -0.2) is 204 Å². The highest BCUT2D eigenvalue weighted by Crippen LogP contribution is 2.14. The van der Waals surface area contributed by atoms with Crippen LogP contribution in [0.15, 0.2) is 146 Å². The number of carboxylic acid groups (broad SMARTS) is 1. The maximum atomic E-state index is 12.0. The van der Waals surface area contributed by atoms with Gasteiger partial charge < -0.3 is 108 Å². The fraction of sp³-hybridized carbons (Fsp3) is 0.394. The summed E-state index contributed by atoms with van der Waals surface area (Å²) in [6.07, 6.45) is -0.497. The lowest BCUT2D eigenvalue weighted by Gasteiger charge is -2.19. The number of nitrogens with one attached hydrogen (secondary N) is 9. The minimum absolute atomic E-state index is 0.0821. The summed E-state index contributed by atoms with van der Waals surface area (Å²) in [6, 6.07) is 41.9. The van der Waals surface area contributed by atoms with Crippen LogP contribution in [0.5, 0.6) is 0 Å². The number of hydrogen-bond acceptors (Lipinski definition) is 23. The molecule has 17 N–H and O–H groups in total. The van der Waals surface area contributed by atoms with E-state index in [0.29, 0.717) is 138 Å². The Morgan fingerprint density at radius 3 is 0.929 bits per heavy atom. The number of methoxy groups -OCH3 is 4. The van der Waals surface area contributed by atoms with Gasteiger partial charge in [0.15, 0.2) is 0 Å². The number of amides is 4. The Kier molecular flexibility index (Phi) is 47.4. The van der Waals surface area contributed by atoms with Crippen molar-refractivity contribution in [1.82, 2.24) is 21.3 Å². The fourth-order valence-corrected chi connectivity index (χ4v) is 7.44. The van der Waals surface area contributed by atoms with Gasteiger partial charge in [-0.3, -0.25) is 14.4 Å². The largest absolute Gasteiger partial charge is 0.478 e. The summed E-state index contributed by atoms with van der Waals surface area (Å²) in [5.41, 5.74) is 24.0. The van der Waals surface area contributed by atoms with E-state index in [1.54, 1.807) is 172 Å². The quantitative estimate of drug-likeness (QED) is 0.00834. The lowest BCUT2D eigenvalue weighted by molar-refractivity contribution is 0.0516. The molecule has 6 rings (SSSR count). The van der Waals surface area contributed by atoms with Crippen molar-refractivity contribution in [3.8, 4) is 0 Å². The van der Waals surface area contributed by atoms with Crippen molar-refractivity contribution in [3.63, 3.8) is 0 Å². The second-order valence-corrected chi connectivity index (χ2v) is 21.4. The lowest BCUT2D eigenvalue weighted by Crippen LogP contribution is -2.37. The van der Waals surface area contributed by atoms with Crippen LogP contribution < -0.4 is 65.1 Å². The molecule has 0 saturated heterocycles. The molecule has 6 aromatic rings. The molecular formula is C71H104N12O16. The zero-order valence-corrected chi connectivity index (χ0v) is 58.4. The Morgan fingerprint density at radius 1 is 0.384 bits per heavy atom. The number of ether oxygens (including phenoxy) is 7. The number of benzene rings is 6. The van der Waals surface area contributed by atoms with Crippen molar-refractivity contribution < 1.29 is 76.9 Å². The van der Waals surface area contributed by atoms with Crippen LogP contribution >= 0.6 is 0 Å². The van der Waals surface area contributed by atoms with E-state index in [2.05, 4.69) is 47.9 Å². The van der Waals surface area contributed by atoms with Crippen molar-refractivity contribution >= 4 is 75.8 Å². The number of aliphatic hydroxyl groups excluding tert-OH is 1. The zero-order valence-electron chi connectivity index (χ0n) is 58.4. The van der Waals surface area contributed by atoms with E-state index in [9.17, 15) is 33.6 Å². The number of carbonyl (C=O) groups excluding carboxylic acids is 6. The second kappa shape index (κ2) is 54.0. The minimum atomic E-state index is -0.909. The van der Waals surface area contributed by atoms with Gasteiger partial charge in [-0.1, -0.05) is 0 Å². The molecule has 0 aliphatic rings. The molecular weight excluding hydrogens is 1280 g/mol. The molecule has 544 valence electrons. The molecule has 28 nitrogen and oxygen atoms in total. The summed E-state index contributed by atoms with van der Waals surface area (Å²) < 4.78 is 34.5.